The average Bonchev–Trinajstić information content (AvgIpc) is 3.20. The van der Waals surface area contributed by atoms with E-state index in [0.717, 1.165) is 33.0 Å². The van der Waals surface area contributed by atoms with Gasteiger partial charge in [-0.1, -0.05) is 29.8 Å². The van der Waals surface area contributed by atoms with Gasteiger partial charge < -0.3 is 0 Å². The van der Waals surface area contributed by atoms with Crippen molar-refractivity contribution in [2.24, 2.45) is 7.05 Å². The summed E-state index contributed by atoms with van der Waals surface area (Å²) >= 11 is 7.61. The molecular formula is C22H16ClF4N3S. The summed E-state index contributed by atoms with van der Waals surface area (Å²) < 4.78 is 54.6. The van der Waals surface area contributed by atoms with Gasteiger partial charge in [-0.05, 0) is 54.8 Å². The first-order valence-corrected chi connectivity index (χ1v) is 10.4. The molecule has 9 heteroatoms. The number of thiophene rings is 1. The molecule has 31 heavy (non-hydrogen) atoms. The lowest BCUT2D eigenvalue weighted by Crippen LogP contribution is -2.04. The lowest BCUT2D eigenvalue weighted by atomic mass is 10.00. The monoisotopic (exact) mass is 465 g/mol. The van der Waals surface area contributed by atoms with Crippen LogP contribution < -0.4 is 0 Å². The molecule has 4 rings (SSSR count). The van der Waals surface area contributed by atoms with Crippen LogP contribution in [-0.2, 0) is 13.2 Å². The van der Waals surface area contributed by atoms with E-state index in [0.29, 0.717) is 11.4 Å². The van der Waals surface area contributed by atoms with Gasteiger partial charge in [0.05, 0.1) is 21.0 Å². The van der Waals surface area contributed by atoms with E-state index in [1.165, 1.54) is 35.6 Å². The maximum Gasteiger partial charge on any atom is 0.416 e. The smallest absolute Gasteiger partial charge is 0.248 e. The third-order valence-electron chi connectivity index (χ3n) is 4.98. The van der Waals surface area contributed by atoms with E-state index in [4.69, 9.17) is 11.6 Å². The zero-order valence-corrected chi connectivity index (χ0v) is 18.3. The van der Waals surface area contributed by atoms with Crippen LogP contribution in [0.2, 0.25) is 5.02 Å². The summed E-state index contributed by atoms with van der Waals surface area (Å²) in [6.07, 6.45) is -4.38. The van der Waals surface area contributed by atoms with Gasteiger partial charge in [-0.3, -0.25) is 0 Å². The summed E-state index contributed by atoms with van der Waals surface area (Å²) in [7, 11) is 1.70. The Bertz CT molecular complexity index is 1250. The highest BCUT2D eigenvalue weighted by Gasteiger charge is 2.30. The van der Waals surface area contributed by atoms with Crippen LogP contribution in [0.5, 0.6) is 0 Å². The van der Waals surface area contributed by atoms with Crippen molar-refractivity contribution in [1.29, 1.82) is 0 Å². The molecule has 0 saturated carbocycles. The third kappa shape index (κ3) is 3.85. The maximum atomic E-state index is 14.3. The molecule has 0 aliphatic heterocycles. The summed E-state index contributed by atoms with van der Waals surface area (Å²) in [6.45, 7) is 3.79. The van der Waals surface area contributed by atoms with Gasteiger partial charge in [0.2, 0.25) is 0 Å². The molecule has 3 nitrogen and oxygen atoms in total. The van der Waals surface area contributed by atoms with Crippen LogP contribution in [0, 0.1) is 19.7 Å². The van der Waals surface area contributed by atoms with Crippen molar-refractivity contribution in [2.75, 3.05) is 0 Å². The van der Waals surface area contributed by atoms with Gasteiger partial charge in [0.15, 0.2) is 11.6 Å². The van der Waals surface area contributed by atoms with E-state index in [2.05, 4.69) is 10.1 Å². The molecule has 2 aromatic heterocycles. The molecule has 4 aromatic rings. The number of aryl methyl sites for hydroxylation is 2. The third-order valence-corrected chi connectivity index (χ3v) is 6.49. The zero-order chi connectivity index (χ0) is 22.5. The zero-order valence-electron chi connectivity index (χ0n) is 16.7. The minimum atomic E-state index is -4.38. The molecule has 160 valence electrons. The summed E-state index contributed by atoms with van der Waals surface area (Å²) in [6, 6.07) is 9.46. The number of halogens is 5. The molecule has 0 bridgehead atoms. The highest BCUT2D eigenvalue weighted by molar-refractivity contribution is 7.16. The van der Waals surface area contributed by atoms with Gasteiger partial charge in [-0.2, -0.15) is 18.3 Å². The molecule has 0 unspecified atom stereocenters. The van der Waals surface area contributed by atoms with Crippen LogP contribution in [0.15, 0.2) is 42.5 Å². The summed E-state index contributed by atoms with van der Waals surface area (Å²) in [5.74, 6) is 0.175. The number of nitrogens with zero attached hydrogens (tertiary/aromatic N) is 3. The highest BCUT2D eigenvalue weighted by Crippen LogP contribution is 2.42. The number of benzene rings is 2. The second kappa shape index (κ2) is 7.76. The number of aromatic nitrogens is 3. The molecule has 0 fully saturated rings. The fourth-order valence-electron chi connectivity index (χ4n) is 3.52. The van der Waals surface area contributed by atoms with Crippen LogP contribution in [0.25, 0.3) is 33.2 Å². The molecule has 0 radical (unpaired) electrons. The van der Waals surface area contributed by atoms with E-state index >= 15 is 0 Å². The molecular weight excluding hydrogens is 450 g/mol. The van der Waals surface area contributed by atoms with E-state index < -0.39 is 17.6 Å². The van der Waals surface area contributed by atoms with Gasteiger partial charge in [0, 0.05) is 11.9 Å². The van der Waals surface area contributed by atoms with Crippen LogP contribution in [0.1, 0.15) is 16.0 Å². The van der Waals surface area contributed by atoms with Crippen molar-refractivity contribution in [2.45, 2.75) is 20.0 Å². The van der Waals surface area contributed by atoms with Crippen molar-refractivity contribution in [3.05, 3.63) is 69.3 Å². The summed E-state index contributed by atoms with van der Waals surface area (Å²) in [4.78, 5) is 6.25. The van der Waals surface area contributed by atoms with Crippen LogP contribution in [0.4, 0.5) is 17.6 Å². The predicted octanol–water partition coefficient (Wildman–Crippen LogP) is 7.31. The minimum Gasteiger partial charge on any atom is -0.248 e. The Morgan fingerprint density at radius 2 is 1.68 bits per heavy atom. The largest absolute Gasteiger partial charge is 0.416 e. The number of hydrogen-bond acceptors (Lipinski definition) is 3. The fourth-order valence-corrected chi connectivity index (χ4v) is 4.97. The molecule has 0 amide bonds. The first-order valence-electron chi connectivity index (χ1n) is 9.21. The van der Waals surface area contributed by atoms with E-state index in [1.807, 2.05) is 13.8 Å². The van der Waals surface area contributed by atoms with Gasteiger partial charge in [0.1, 0.15) is 5.82 Å². The topological polar surface area (TPSA) is 30.7 Å². The van der Waals surface area contributed by atoms with Gasteiger partial charge in [-0.15, -0.1) is 11.3 Å². The molecule has 0 saturated heterocycles. The summed E-state index contributed by atoms with van der Waals surface area (Å²) in [5.41, 5.74) is 1.83. The maximum absolute atomic E-state index is 14.3. The Hall–Kier alpha value is -2.71. The van der Waals surface area contributed by atoms with Crippen LogP contribution >= 0.6 is 22.9 Å². The standard InChI is InChI=1S/C22H16ClF4N3S/c1-11-17(13-7-9-14(10-8-13)22(25,26)27)12(2)31-19(11)21-28-20(29-30(21)3)18-15(23)5-4-6-16(18)24/h4-10H,1-3H3. The Balaban J connectivity index is 1.79. The second-order valence-corrected chi connectivity index (χ2v) is 8.67. The Kier molecular flexibility index (Phi) is 5.39. The molecule has 0 aliphatic rings. The van der Waals surface area contributed by atoms with E-state index in [1.54, 1.807) is 17.8 Å². The van der Waals surface area contributed by atoms with Crippen molar-refractivity contribution < 1.29 is 17.6 Å². The quantitative estimate of drug-likeness (QED) is 0.297. The van der Waals surface area contributed by atoms with Crippen molar-refractivity contribution in [3.8, 4) is 33.2 Å². The highest BCUT2D eigenvalue weighted by atomic mass is 35.5. The first kappa shape index (κ1) is 21.5. The van der Waals surface area contributed by atoms with Crippen molar-refractivity contribution >= 4 is 22.9 Å². The van der Waals surface area contributed by atoms with E-state index in [-0.39, 0.29) is 16.4 Å². The Morgan fingerprint density at radius 3 is 2.29 bits per heavy atom. The van der Waals surface area contributed by atoms with Crippen molar-refractivity contribution in [1.82, 2.24) is 14.8 Å². The molecule has 2 heterocycles. The SMILES string of the molecule is Cc1sc(-c2nc(-c3c(F)cccc3Cl)nn2C)c(C)c1-c1ccc(C(F)(F)F)cc1. The number of hydrogen-bond donors (Lipinski definition) is 0. The molecule has 0 N–H and O–H groups in total. The van der Waals surface area contributed by atoms with Crippen LogP contribution in [0.3, 0.4) is 0 Å². The fraction of sp³-hybridized carbons (Fsp3) is 0.182. The number of alkyl halides is 3. The van der Waals surface area contributed by atoms with Gasteiger partial charge >= 0.3 is 6.18 Å². The Labute approximate surface area is 184 Å². The predicted molar refractivity (Wildman–Crippen MR) is 115 cm³/mol. The van der Waals surface area contributed by atoms with Gasteiger partial charge in [0.25, 0.3) is 0 Å². The van der Waals surface area contributed by atoms with E-state index in [9.17, 15) is 17.6 Å². The van der Waals surface area contributed by atoms with Crippen molar-refractivity contribution in [3.63, 3.8) is 0 Å². The number of rotatable bonds is 3. The molecule has 0 spiro atoms. The minimum absolute atomic E-state index is 0.125. The molecule has 0 aliphatic carbocycles. The lowest BCUT2D eigenvalue weighted by Gasteiger charge is -2.08. The van der Waals surface area contributed by atoms with Gasteiger partial charge in [-0.25, -0.2) is 14.1 Å². The Morgan fingerprint density at radius 1 is 1.00 bits per heavy atom. The molecule has 2 aromatic carbocycles. The first-order chi connectivity index (χ1) is 14.6. The normalized spacial score (nSPS) is 11.9. The second-order valence-electron chi connectivity index (χ2n) is 7.04. The molecule has 0 atom stereocenters. The van der Waals surface area contributed by atoms with Crippen LogP contribution in [-0.4, -0.2) is 14.8 Å². The average molecular weight is 466 g/mol. The summed E-state index contributed by atoms with van der Waals surface area (Å²) in [5, 5.41) is 4.54. The lowest BCUT2D eigenvalue weighted by molar-refractivity contribution is -0.137.